The van der Waals surface area contributed by atoms with E-state index < -0.39 is 10.0 Å². The minimum atomic E-state index is -3.92. The molecule has 0 unspecified atom stereocenters. The summed E-state index contributed by atoms with van der Waals surface area (Å²) in [6.45, 7) is 1.74. The van der Waals surface area contributed by atoms with Gasteiger partial charge in [0.25, 0.3) is 10.0 Å². The molecule has 106 valence electrons. The van der Waals surface area contributed by atoms with Crippen LogP contribution in [0.25, 0.3) is 0 Å². The lowest BCUT2D eigenvalue weighted by Gasteiger charge is -2.13. The van der Waals surface area contributed by atoms with E-state index >= 15 is 0 Å². The molecule has 1 N–H and O–H groups in total. The van der Waals surface area contributed by atoms with Gasteiger partial charge in [-0.1, -0.05) is 40.9 Å². The molecule has 2 aromatic rings. The van der Waals surface area contributed by atoms with Crippen LogP contribution < -0.4 is 4.72 Å². The molecule has 4 nitrogen and oxygen atoms in total. The lowest BCUT2D eigenvalue weighted by atomic mass is 10.2. The molecule has 0 bridgehead atoms. The standard InChI is InChI=1S/C12H9Cl3N2O2S/c1-7-4-5-8(13)11(10(7)14)17-20(18,19)9-3-2-6-16-12(9)15/h2-6,17H,1H3. The van der Waals surface area contributed by atoms with Gasteiger partial charge in [-0.15, -0.1) is 0 Å². The molecule has 0 amide bonds. The smallest absolute Gasteiger partial charge is 0.265 e. The molecule has 0 fully saturated rings. The molecule has 1 aromatic heterocycles. The summed E-state index contributed by atoms with van der Waals surface area (Å²) >= 11 is 17.8. The summed E-state index contributed by atoms with van der Waals surface area (Å²) in [7, 11) is -3.92. The highest BCUT2D eigenvalue weighted by atomic mass is 35.5. The first-order valence-electron chi connectivity index (χ1n) is 5.41. The molecule has 0 radical (unpaired) electrons. The molecule has 1 aromatic carbocycles. The fourth-order valence-electron chi connectivity index (χ4n) is 1.51. The molecule has 0 saturated heterocycles. The average Bonchev–Trinajstić information content (AvgIpc) is 2.39. The number of sulfonamides is 1. The van der Waals surface area contributed by atoms with Crippen molar-refractivity contribution >= 4 is 50.5 Å². The maximum Gasteiger partial charge on any atom is 0.265 e. The highest BCUT2D eigenvalue weighted by molar-refractivity contribution is 7.92. The Labute approximate surface area is 131 Å². The van der Waals surface area contributed by atoms with Gasteiger partial charge in [0.2, 0.25) is 0 Å². The first kappa shape index (κ1) is 15.4. The number of aryl methyl sites for hydroxylation is 1. The van der Waals surface area contributed by atoms with Gasteiger partial charge in [-0.2, -0.15) is 0 Å². The second-order valence-corrected chi connectivity index (χ2v) is 6.75. The second-order valence-electron chi connectivity index (χ2n) is 3.95. The van der Waals surface area contributed by atoms with Gasteiger partial charge in [0, 0.05) is 6.20 Å². The summed E-state index contributed by atoms with van der Waals surface area (Å²) < 4.78 is 26.9. The van der Waals surface area contributed by atoms with E-state index in [-0.39, 0.29) is 25.8 Å². The van der Waals surface area contributed by atoms with Gasteiger partial charge >= 0.3 is 0 Å². The Bertz CT molecular complexity index is 763. The van der Waals surface area contributed by atoms with Crippen LogP contribution in [0.1, 0.15) is 5.56 Å². The number of nitrogens with one attached hydrogen (secondary N) is 1. The molecule has 1 heterocycles. The molecular formula is C12H9Cl3N2O2S. The van der Waals surface area contributed by atoms with Crippen molar-refractivity contribution in [1.29, 1.82) is 0 Å². The van der Waals surface area contributed by atoms with Crippen LogP contribution in [0.15, 0.2) is 35.4 Å². The van der Waals surface area contributed by atoms with E-state index in [0.29, 0.717) is 5.56 Å². The number of rotatable bonds is 3. The van der Waals surface area contributed by atoms with E-state index in [1.165, 1.54) is 18.3 Å². The minimum Gasteiger partial charge on any atom is -0.276 e. The largest absolute Gasteiger partial charge is 0.276 e. The highest BCUT2D eigenvalue weighted by Gasteiger charge is 2.21. The monoisotopic (exact) mass is 350 g/mol. The fourth-order valence-corrected chi connectivity index (χ4v) is 3.64. The van der Waals surface area contributed by atoms with Crippen LogP contribution in [0.2, 0.25) is 15.2 Å². The van der Waals surface area contributed by atoms with Crippen molar-refractivity contribution in [2.75, 3.05) is 4.72 Å². The number of aromatic nitrogens is 1. The van der Waals surface area contributed by atoms with Crippen molar-refractivity contribution in [3.63, 3.8) is 0 Å². The van der Waals surface area contributed by atoms with Crippen LogP contribution in [0.3, 0.4) is 0 Å². The zero-order valence-electron chi connectivity index (χ0n) is 10.2. The van der Waals surface area contributed by atoms with Crippen LogP contribution in [0.5, 0.6) is 0 Å². The van der Waals surface area contributed by atoms with E-state index in [2.05, 4.69) is 9.71 Å². The van der Waals surface area contributed by atoms with E-state index in [1.807, 2.05) is 0 Å². The number of halogens is 3. The zero-order chi connectivity index (χ0) is 14.9. The van der Waals surface area contributed by atoms with Crippen LogP contribution in [0, 0.1) is 6.92 Å². The Morgan fingerprint density at radius 1 is 1.15 bits per heavy atom. The third-order valence-corrected chi connectivity index (χ3v) is 5.13. The summed E-state index contributed by atoms with van der Waals surface area (Å²) in [4.78, 5) is 3.59. The summed E-state index contributed by atoms with van der Waals surface area (Å²) in [5.74, 6) is 0. The molecule has 8 heteroatoms. The first-order chi connectivity index (χ1) is 9.33. The molecule has 0 aliphatic rings. The molecule has 0 saturated carbocycles. The van der Waals surface area contributed by atoms with Crippen LogP contribution in [-0.2, 0) is 10.0 Å². The maximum atomic E-state index is 12.3. The third-order valence-electron chi connectivity index (χ3n) is 2.54. The molecule has 0 aliphatic carbocycles. The van der Waals surface area contributed by atoms with Crippen LogP contribution in [0.4, 0.5) is 5.69 Å². The van der Waals surface area contributed by atoms with Gasteiger partial charge in [-0.3, -0.25) is 4.72 Å². The lowest BCUT2D eigenvalue weighted by molar-refractivity contribution is 0.601. The topological polar surface area (TPSA) is 59.1 Å². The number of nitrogens with zero attached hydrogens (tertiary/aromatic N) is 1. The Morgan fingerprint density at radius 3 is 2.50 bits per heavy atom. The van der Waals surface area contributed by atoms with E-state index in [0.717, 1.165) is 0 Å². The van der Waals surface area contributed by atoms with Crippen molar-refractivity contribution in [2.45, 2.75) is 11.8 Å². The number of benzene rings is 1. The molecular weight excluding hydrogens is 343 g/mol. The van der Waals surface area contributed by atoms with Crippen LogP contribution in [-0.4, -0.2) is 13.4 Å². The Kier molecular flexibility index (Phi) is 4.44. The number of hydrogen-bond acceptors (Lipinski definition) is 3. The average molecular weight is 352 g/mol. The zero-order valence-corrected chi connectivity index (χ0v) is 13.3. The summed E-state index contributed by atoms with van der Waals surface area (Å²) in [6.07, 6.45) is 1.40. The lowest BCUT2D eigenvalue weighted by Crippen LogP contribution is -2.14. The summed E-state index contributed by atoms with van der Waals surface area (Å²) in [5.41, 5.74) is 0.819. The fraction of sp³-hybridized carbons (Fsp3) is 0.0833. The number of pyridine rings is 1. The second kappa shape index (κ2) is 5.77. The van der Waals surface area contributed by atoms with Gasteiger partial charge in [0.1, 0.15) is 10.0 Å². The van der Waals surface area contributed by atoms with Gasteiger partial charge in [-0.05, 0) is 30.7 Å². The summed E-state index contributed by atoms with van der Waals surface area (Å²) in [6, 6.07) is 6.07. The van der Waals surface area contributed by atoms with Crippen LogP contribution >= 0.6 is 34.8 Å². The van der Waals surface area contributed by atoms with Crippen molar-refractivity contribution in [2.24, 2.45) is 0 Å². The molecule has 0 atom stereocenters. The van der Waals surface area contributed by atoms with Crippen molar-refractivity contribution in [3.8, 4) is 0 Å². The van der Waals surface area contributed by atoms with Crippen molar-refractivity contribution < 1.29 is 8.42 Å². The predicted molar refractivity (Wildman–Crippen MR) is 81.3 cm³/mol. The van der Waals surface area contributed by atoms with Crippen molar-refractivity contribution in [1.82, 2.24) is 4.98 Å². The third kappa shape index (κ3) is 3.01. The summed E-state index contributed by atoms with van der Waals surface area (Å²) in [5, 5.41) is 0.310. The Balaban J connectivity index is 2.50. The quantitative estimate of drug-likeness (QED) is 0.845. The molecule has 20 heavy (non-hydrogen) atoms. The SMILES string of the molecule is Cc1ccc(Cl)c(NS(=O)(=O)c2cccnc2Cl)c1Cl. The Hall–Kier alpha value is -1.01. The molecule has 2 rings (SSSR count). The highest BCUT2D eigenvalue weighted by Crippen LogP contribution is 2.35. The van der Waals surface area contributed by atoms with E-state index in [1.54, 1.807) is 19.1 Å². The molecule has 0 aliphatic heterocycles. The Morgan fingerprint density at radius 2 is 1.85 bits per heavy atom. The van der Waals surface area contributed by atoms with E-state index in [9.17, 15) is 8.42 Å². The van der Waals surface area contributed by atoms with Gasteiger partial charge in [0.15, 0.2) is 0 Å². The predicted octanol–water partition coefficient (Wildman–Crippen LogP) is 4.15. The van der Waals surface area contributed by atoms with Gasteiger partial charge in [0.05, 0.1) is 15.7 Å². The number of hydrogen-bond donors (Lipinski definition) is 1. The maximum absolute atomic E-state index is 12.3. The normalized spacial score (nSPS) is 11.4. The minimum absolute atomic E-state index is 0.119. The van der Waals surface area contributed by atoms with E-state index in [4.69, 9.17) is 34.8 Å². The van der Waals surface area contributed by atoms with Gasteiger partial charge < -0.3 is 0 Å². The van der Waals surface area contributed by atoms with Crippen molar-refractivity contribution in [3.05, 3.63) is 51.2 Å². The number of anilines is 1. The molecule has 0 spiro atoms. The first-order valence-corrected chi connectivity index (χ1v) is 8.02. The van der Waals surface area contributed by atoms with Gasteiger partial charge in [-0.25, -0.2) is 13.4 Å².